The van der Waals surface area contributed by atoms with Gasteiger partial charge in [-0.2, -0.15) is 9.49 Å². The number of ether oxygens (including phenoxy) is 1. The lowest BCUT2D eigenvalue weighted by atomic mass is 9.97. The van der Waals surface area contributed by atoms with Crippen LogP contribution in [0.4, 0.5) is 4.39 Å². The van der Waals surface area contributed by atoms with Crippen LogP contribution in [0.2, 0.25) is 0 Å². The van der Waals surface area contributed by atoms with E-state index in [1.54, 1.807) is 23.9 Å². The molecule has 1 saturated carbocycles. The summed E-state index contributed by atoms with van der Waals surface area (Å²) in [6.07, 6.45) is 3.36. The minimum absolute atomic E-state index is 0.0476. The lowest BCUT2D eigenvalue weighted by Gasteiger charge is -2.27. The zero-order chi connectivity index (χ0) is 19.5. The van der Waals surface area contributed by atoms with E-state index in [4.69, 9.17) is 4.74 Å². The van der Waals surface area contributed by atoms with Gasteiger partial charge in [-0.05, 0) is 42.7 Å². The Morgan fingerprint density at radius 3 is 2.64 bits per heavy atom. The van der Waals surface area contributed by atoms with E-state index in [0.29, 0.717) is 18.0 Å². The molecule has 0 bridgehead atoms. The van der Waals surface area contributed by atoms with Gasteiger partial charge < -0.3 is 9.64 Å². The summed E-state index contributed by atoms with van der Waals surface area (Å²) in [7, 11) is 3.46. The molecule has 2 aliphatic rings. The molecule has 0 saturated heterocycles. The van der Waals surface area contributed by atoms with Gasteiger partial charge in [0.05, 0.1) is 23.5 Å². The van der Waals surface area contributed by atoms with E-state index >= 15 is 0 Å². The van der Waals surface area contributed by atoms with Crippen LogP contribution in [-0.2, 0) is 16.9 Å². The maximum absolute atomic E-state index is 13.2. The van der Waals surface area contributed by atoms with Crippen LogP contribution < -0.4 is 0 Å². The molecule has 28 heavy (non-hydrogen) atoms. The number of halogens is 1. The number of nitrogens with zero attached hydrogens (tertiary/aromatic N) is 4. The first kappa shape index (κ1) is 17.1. The highest BCUT2D eigenvalue weighted by molar-refractivity contribution is 5.95. The van der Waals surface area contributed by atoms with E-state index in [-0.39, 0.29) is 11.4 Å². The molecule has 2 aromatic heterocycles. The monoisotopic (exact) mass is 378 g/mol. The lowest BCUT2D eigenvalue weighted by molar-refractivity contribution is 0.0704. The number of hydrogen-bond acceptors (Lipinski definition) is 4. The number of rotatable bonds is 3. The van der Waals surface area contributed by atoms with Crippen molar-refractivity contribution in [3.63, 3.8) is 0 Å². The van der Waals surface area contributed by atoms with Crippen molar-refractivity contribution in [2.24, 2.45) is 0 Å². The molecule has 1 aromatic carbocycles. The molecular weight excluding hydrogens is 359 g/mol. The van der Waals surface area contributed by atoms with Gasteiger partial charge in [-0.15, -0.1) is 0 Å². The maximum Gasteiger partial charge on any atom is 0.273 e. The first-order valence-electron chi connectivity index (χ1n) is 9.16. The molecule has 0 atom stereocenters. The summed E-state index contributed by atoms with van der Waals surface area (Å²) < 4.78 is 20.1. The predicted molar refractivity (Wildman–Crippen MR) is 100 cm³/mol. The van der Waals surface area contributed by atoms with Crippen molar-refractivity contribution in [2.45, 2.75) is 25.0 Å². The number of carbonyl (C=O) groups is 1. The van der Waals surface area contributed by atoms with E-state index in [2.05, 4.69) is 16.1 Å². The topological polar surface area (TPSA) is 60.2 Å². The molecule has 1 aliphatic carbocycles. The van der Waals surface area contributed by atoms with Crippen LogP contribution in [0.3, 0.4) is 0 Å². The van der Waals surface area contributed by atoms with E-state index < -0.39 is 5.95 Å². The second kappa shape index (κ2) is 5.97. The quantitative estimate of drug-likeness (QED) is 0.656. The summed E-state index contributed by atoms with van der Waals surface area (Å²) in [6.45, 7) is 0.332. The van der Waals surface area contributed by atoms with Crippen molar-refractivity contribution in [1.29, 1.82) is 0 Å². The standard InChI is InChI=1S/C21H19FN4O2/c1-25-20(27)18-10-15(12-28-2)24-26(18)17-9-13(14-4-6-19(22)23-11-14)3-5-16(17)21(25)7-8-21/h3-6,9-11H,7-8,12H2,1-2H3. The number of aromatic nitrogens is 3. The fourth-order valence-electron chi connectivity index (χ4n) is 4.08. The van der Waals surface area contributed by atoms with Crippen LogP contribution in [0.25, 0.3) is 16.8 Å². The highest BCUT2D eigenvalue weighted by Gasteiger charge is 2.53. The number of benzene rings is 1. The Bertz CT molecular complexity index is 1090. The van der Waals surface area contributed by atoms with Gasteiger partial charge >= 0.3 is 0 Å². The van der Waals surface area contributed by atoms with Crippen LogP contribution in [-0.4, -0.2) is 39.7 Å². The van der Waals surface area contributed by atoms with Crippen LogP contribution in [0.5, 0.6) is 0 Å². The molecule has 5 rings (SSSR count). The molecule has 0 N–H and O–H groups in total. The van der Waals surface area contributed by atoms with Gasteiger partial charge in [-0.25, -0.2) is 9.67 Å². The van der Waals surface area contributed by atoms with Crippen LogP contribution >= 0.6 is 0 Å². The second-order valence-electron chi connectivity index (χ2n) is 7.36. The number of amides is 1. The zero-order valence-electron chi connectivity index (χ0n) is 15.6. The Kier molecular flexibility index (Phi) is 3.64. The molecule has 1 fully saturated rings. The Balaban J connectivity index is 1.73. The van der Waals surface area contributed by atoms with Crippen molar-refractivity contribution in [3.05, 3.63) is 65.5 Å². The maximum atomic E-state index is 13.2. The highest BCUT2D eigenvalue weighted by Crippen LogP contribution is 2.54. The minimum atomic E-state index is -0.513. The van der Waals surface area contributed by atoms with Crippen LogP contribution in [0.1, 0.15) is 34.6 Å². The number of fused-ring (bicyclic) bond motifs is 4. The smallest absolute Gasteiger partial charge is 0.273 e. The molecule has 0 unspecified atom stereocenters. The second-order valence-corrected chi connectivity index (χ2v) is 7.36. The van der Waals surface area contributed by atoms with Gasteiger partial charge in [-0.1, -0.05) is 12.1 Å². The van der Waals surface area contributed by atoms with Gasteiger partial charge in [0, 0.05) is 31.5 Å². The van der Waals surface area contributed by atoms with Crippen molar-refractivity contribution >= 4 is 5.91 Å². The zero-order valence-corrected chi connectivity index (χ0v) is 15.6. The molecule has 3 aromatic rings. The number of methoxy groups -OCH3 is 1. The minimum Gasteiger partial charge on any atom is -0.378 e. The lowest BCUT2D eigenvalue weighted by Crippen LogP contribution is -2.36. The van der Waals surface area contributed by atoms with Gasteiger partial charge in [0.25, 0.3) is 5.91 Å². The Hall–Kier alpha value is -3.06. The summed E-state index contributed by atoms with van der Waals surface area (Å²) in [6, 6.07) is 10.9. The van der Waals surface area contributed by atoms with Gasteiger partial charge in [0.15, 0.2) is 0 Å². The average Bonchev–Trinajstić information content (AvgIpc) is 3.41. The molecule has 0 radical (unpaired) electrons. The molecular formula is C21H19FN4O2. The van der Waals surface area contributed by atoms with Crippen LogP contribution in [0.15, 0.2) is 42.6 Å². The molecule has 1 amide bonds. The number of hydrogen-bond donors (Lipinski definition) is 0. The SMILES string of the molecule is COCc1cc2n(n1)-c1cc(-c3ccc(F)nc3)ccc1C1(CC1)N(C)C2=O. The number of pyridine rings is 1. The molecule has 142 valence electrons. The van der Waals surface area contributed by atoms with Crippen molar-refractivity contribution < 1.29 is 13.9 Å². The molecule has 1 aliphatic heterocycles. The van der Waals surface area contributed by atoms with Gasteiger partial charge in [0.2, 0.25) is 5.95 Å². The first-order valence-corrected chi connectivity index (χ1v) is 9.16. The van der Waals surface area contributed by atoms with Gasteiger partial charge in [-0.3, -0.25) is 4.79 Å². The summed E-state index contributed by atoms with van der Waals surface area (Å²) in [5.41, 5.74) is 4.59. The summed E-state index contributed by atoms with van der Waals surface area (Å²) in [4.78, 5) is 18.7. The Labute approximate surface area is 161 Å². The third-order valence-electron chi connectivity index (χ3n) is 5.73. The molecule has 6 nitrogen and oxygen atoms in total. The van der Waals surface area contributed by atoms with E-state index in [1.807, 2.05) is 24.1 Å². The molecule has 7 heteroatoms. The number of carbonyl (C=O) groups excluding carboxylic acids is 1. The van der Waals surface area contributed by atoms with Gasteiger partial charge in [0.1, 0.15) is 5.69 Å². The van der Waals surface area contributed by atoms with E-state index in [1.165, 1.54) is 12.3 Å². The predicted octanol–water partition coefficient (Wildman–Crippen LogP) is 3.29. The first-order chi connectivity index (χ1) is 13.5. The summed E-state index contributed by atoms with van der Waals surface area (Å²) in [5, 5.41) is 4.64. The third-order valence-corrected chi connectivity index (χ3v) is 5.73. The Morgan fingerprint density at radius 2 is 1.96 bits per heavy atom. The highest BCUT2D eigenvalue weighted by atomic mass is 19.1. The average molecular weight is 378 g/mol. The third kappa shape index (κ3) is 2.39. The van der Waals surface area contributed by atoms with Crippen molar-refractivity contribution in [2.75, 3.05) is 14.2 Å². The Morgan fingerprint density at radius 1 is 1.18 bits per heavy atom. The van der Waals surface area contributed by atoms with E-state index in [0.717, 1.165) is 35.2 Å². The summed E-state index contributed by atoms with van der Waals surface area (Å²) in [5.74, 6) is -0.560. The fraction of sp³-hybridized carbons (Fsp3) is 0.286. The van der Waals surface area contributed by atoms with E-state index in [9.17, 15) is 9.18 Å². The summed E-state index contributed by atoms with van der Waals surface area (Å²) >= 11 is 0. The van der Waals surface area contributed by atoms with Crippen LogP contribution in [0, 0.1) is 5.95 Å². The molecule has 1 spiro atoms. The normalized spacial score (nSPS) is 16.7. The van der Waals surface area contributed by atoms with Crippen molar-refractivity contribution in [1.82, 2.24) is 19.7 Å². The van der Waals surface area contributed by atoms with Crippen molar-refractivity contribution in [3.8, 4) is 16.8 Å². The fourth-order valence-corrected chi connectivity index (χ4v) is 4.08. The largest absolute Gasteiger partial charge is 0.378 e. The molecule has 3 heterocycles.